The van der Waals surface area contributed by atoms with Gasteiger partial charge in [-0.3, -0.25) is 4.79 Å². The van der Waals surface area contributed by atoms with Crippen molar-refractivity contribution in [2.24, 2.45) is 0 Å². The minimum Gasteiger partial charge on any atom is -0.354 e. The molecular weight excluding hydrogens is 370 g/mol. The maximum Gasteiger partial charge on any atom is 0.304 e. The first-order valence-electron chi connectivity index (χ1n) is 9.05. The highest BCUT2D eigenvalue weighted by Gasteiger charge is 2.27. The minimum absolute atomic E-state index is 0.224. The van der Waals surface area contributed by atoms with Crippen LogP contribution in [0.2, 0.25) is 0 Å². The van der Waals surface area contributed by atoms with Gasteiger partial charge in [0.1, 0.15) is 6.54 Å². The van der Waals surface area contributed by atoms with E-state index in [0.29, 0.717) is 17.5 Å². The Bertz CT molecular complexity index is 660. The van der Waals surface area contributed by atoms with Crippen LogP contribution in [0.3, 0.4) is 0 Å². The molecule has 0 aromatic heterocycles. The average Bonchev–Trinajstić information content (AvgIpc) is 2.64. The Labute approximate surface area is 161 Å². The highest BCUT2D eigenvalue weighted by molar-refractivity contribution is 7.99. The summed E-state index contributed by atoms with van der Waals surface area (Å²) < 4.78 is 27.4. The van der Waals surface area contributed by atoms with E-state index in [9.17, 15) is 13.2 Å². The Hall–Kier alpha value is -1.25. The molecule has 0 heterocycles. The fourth-order valence-electron chi connectivity index (χ4n) is 2.93. The van der Waals surface area contributed by atoms with Gasteiger partial charge in [0.25, 0.3) is 0 Å². The normalized spacial score (nSPS) is 15.8. The molecule has 1 N–H and O–H groups in total. The van der Waals surface area contributed by atoms with Gasteiger partial charge in [-0.2, -0.15) is 24.5 Å². The predicted octanol–water partition coefficient (Wildman–Crippen LogP) is 2.48. The number of amides is 1. The van der Waals surface area contributed by atoms with Gasteiger partial charge in [-0.25, -0.2) is 4.31 Å². The molecule has 2 rings (SSSR count). The first-order valence-corrected chi connectivity index (χ1v) is 11.5. The van der Waals surface area contributed by atoms with E-state index in [-0.39, 0.29) is 12.5 Å². The average molecular weight is 400 g/mol. The molecule has 8 heteroatoms. The molecule has 1 amide bonds. The molecule has 6 nitrogen and oxygen atoms in total. The number of rotatable bonds is 9. The van der Waals surface area contributed by atoms with Crippen LogP contribution >= 0.6 is 11.8 Å². The van der Waals surface area contributed by atoms with Crippen LogP contribution in [0.4, 0.5) is 5.69 Å². The summed E-state index contributed by atoms with van der Waals surface area (Å²) in [6.45, 7) is 0.337. The molecule has 1 aliphatic carbocycles. The third-order valence-corrected chi connectivity index (χ3v) is 7.60. The molecule has 0 spiro atoms. The number of para-hydroxylation sites is 1. The Balaban J connectivity index is 1.88. The first kappa shape index (κ1) is 21.1. The lowest BCUT2D eigenvalue weighted by molar-refractivity contribution is -0.119. The first-order chi connectivity index (χ1) is 12.4. The number of benzene rings is 1. The van der Waals surface area contributed by atoms with Crippen molar-refractivity contribution in [1.29, 1.82) is 0 Å². The lowest BCUT2D eigenvalue weighted by Crippen LogP contribution is -2.46. The zero-order chi connectivity index (χ0) is 19.0. The standard InChI is InChI=1S/C18H29N3O3S2/c1-20(2)26(23,24)21(16-9-5-3-6-10-16)15-18(22)19-13-14-25-17-11-7-4-8-12-17/h3,5-6,9-10,17H,4,7-8,11-15H2,1-2H3,(H,19,22). The molecule has 26 heavy (non-hydrogen) atoms. The third kappa shape index (κ3) is 6.17. The molecule has 1 saturated carbocycles. The Morgan fingerprint density at radius 1 is 1.15 bits per heavy atom. The van der Waals surface area contributed by atoms with E-state index < -0.39 is 10.2 Å². The molecule has 1 aromatic carbocycles. The maximum absolute atomic E-state index is 12.6. The topological polar surface area (TPSA) is 69.7 Å². The molecule has 0 bridgehead atoms. The molecule has 1 fully saturated rings. The lowest BCUT2D eigenvalue weighted by atomic mass is 10.0. The van der Waals surface area contributed by atoms with Gasteiger partial charge in [0.2, 0.25) is 5.91 Å². The van der Waals surface area contributed by atoms with Crippen molar-refractivity contribution in [2.45, 2.75) is 37.4 Å². The van der Waals surface area contributed by atoms with Crippen LogP contribution in [0.1, 0.15) is 32.1 Å². The fraction of sp³-hybridized carbons (Fsp3) is 0.611. The predicted molar refractivity (Wildman–Crippen MR) is 109 cm³/mol. The quantitative estimate of drug-likeness (QED) is 0.648. The smallest absolute Gasteiger partial charge is 0.304 e. The zero-order valence-electron chi connectivity index (χ0n) is 15.6. The molecule has 0 aliphatic heterocycles. The van der Waals surface area contributed by atoms with E-state index in [2.05, 4.69) is 5.32 Å². The monoisotopic (exact) mass is 399 g/mol. The SMILES string of the molecule is CN(C)S(=O)(=O)N(CC(=O)NCCSC1CCCCC1)c1ccccc1. The van der Waals surface area contributed by atoms with Crippen LogP contribution in [-0.4, -0.2) is 56.8 Å². The van der Waals surface area contributed by atoms with Crippen molar-refractivity contribution in [2.75, 3.05) is 37.2 Å². The summed E-state index contributed by atoms with van der Waals surface area (Å²) in [6, 6.07) is 8.70. The molecule has 0 atom stereocenters. The van der Waals surface area contributed by atoms with Crippen molar-refractivity contribution in [3.05, 3.63) is 30.3 Å². The second-order valence-corrected chi connectivity index (χ2v) is 10.1. The number of hydrogen-bond acceptors (Lipinski definition) is 4. The number of hydrogen-bond donors (Lipinski definition) is 1. The molecule has 0 saturated heterocycles. The number of nitrogens with zero attached hydrogens (tertiary/aromatic N) is 2. The van der Waals surface area contributed by atoms with Gasteiger partial charge in [0.15, 0.2) is 0 Å². The van der Waals surface area contributed by atoms with Crippen LogP contribution in [-0.2, 0) is 15.0 Å². The molecule has 1 aromatic rings. The van der Waals surface area contributed by atoms with Crippen LogP contribution < -0.4 is 9.62 Å². The Morgan fingerprint density at radius 2 is 1.81 bits per heavy atom. The Kier molecular flexibility index (Phi) is 8.24. The number of carbonyl (C=O) groups is 1. The van der Waals surface area contributed by atoms with Gasteiger partial charge in [-0.05, 0) is 25.0 Å². The van der Waals surface area contributed by atoms with Gasteiger partial charge >= 0.3 is 10.2 Å². The van der Waals surface area contributed by atoms with Gasteiger partial charge < -0.3 is 5.32 Å². The molecule has 146 valence electrons. The summed E-state index contributed by atoms with van der Waals surface area (Å²) in [6.07, 6.45) is 6.48. The van der Waals surface area contributed by atoms with Crippen LogP contribution in [0.25, 0.3) is 0 Å². The number of thioether (sulfide) groups is 1. The zero-order valence-corrected chi connectivity index (χ0v) is 17.2. The largest absolute Gasteiger partial charge is 0.354 e. The number of nitrogens with one attached hydrogen (secondary N) is 1. The lowest BCUT2D eigenvalue weighted by Gasteiger charge is -2.27. The summed E-state index contributed by atoms with van der Waals surface area (Å²) in [5.41, 5.74) is 0.480. The van der Waals surface area contributed by atoms with Crippen molar-refractivity contribution in [3.8, 4) is 0 Å². The van der Waals surface area contributed by atoms with Gasteiger partial charge in [-0.1, -0.05) is 37.5 Å². The fourth-order valence-corrected chi connectivity index (χ4v) is 5.21. The molecule has 0 radical (unpaired) electrons. The number of carbonyl (C=O) groups excluding carboxylic acids is 1. The van der Waals surface area contributed by atoms with E-state index in [1.807, 2.05) is 17.8 Å². The van der Waals surface area contributed by atoms with Gasteiger partial charge in [0.05, 0.1) is 5.69 Å². The van der Waals surface area contributed by atoms with E-state index in [4.69, 9.17) is 0 Å². The summed E-state index contributed by atoms with van der Waals surface area (Å²) in [5.74, 6) is 0.575. The second-order valence-electron chi connectivity index (χ2n) is 6.61. The van der Waals surface area contributed by atoms with E-state index >= 15 is 0 Å². The van der Waals surface area contributed by atoms with Crippen molar-refractivity contribution in [1.82, 2.24) is 9.62 Å². The highest BCUT2D eigenvalue weighted by Crippen LogP contribution is 2.27. The van der Waals surface area contributed by atoms with Gasteiger partial charge in [-0.15, -0.1) is 0 Å². The van der Waals surface area contributed by atoms with E-state index in [0.717, 1.165) is 14.4 Å². The summed E-state index contributed by atoms with van der Waals surface area (Å²) in [7, 11) is -0.810. The summed E-state index contributed by atoms with van der Waals surface area (Å²) in [5, 5.41) is 3.55. The summed E-state index contributed by atoms with van der Waals surface area (Å²) >= 11 is 1.91. The Morgan fingerprint density at radius 3 is 2.42 bits per heavy atom. The molecule has 1 aliphatic rings. The van der Waals surface area contributed by atoms with Crippen molar-refractivity contribution >= 4 is 33.6 Å². The highest BCUT2D eigenvalue weighted by atomic mass is 32.2. The van der Waals surface area contributed by atoms with E-state index in [1.165, 1.54) is 46.2 Å². The van der Waals surface area contributed by atoms with Crippen molar-refractivity contribution < 1.29 is 13.2 Å². The van der Waals surface area contributed by atoms with E-state index in [1.54, 1.807) is 24.3 Å². The van der Waals surface area contributed by atoms with Crippen molar-refractivity contribution in [3.63, 3.8) is 0 Å². The number of anilines is 1. The molecule has 0 unspecified atom stereocenters. The van der Waals surface area contributed by atoms with Crippen LogP contribution in [0, 0.1) is 0 Å². The minimum atomic E-state index is -3.73. The van der Waals surface area contributed by atoms with Crippen LogP contribution in [0.15, 0.2) is 30.3 Å². The van der Waals surface area contributed by atoms with Crippen LogP contribution in [0.5, 0.6) is 0 Å². The van der Waals surface area contributed by atoms with Gasteiger partial charge in [0, 0.05) is 31.6 Å². The maximum atomic E-state index is 12.6. The third-order valence-electron chi connectivity index (χ3n) is 4.40. The molecular formula is C18H29N3O3S2. The summed E-state index contributed by atoms with van der Waals surface area (Å²) in [4.78, 5) is 12.3. The second kappa shape index (κ2) is 10.2.